The van der Waals surface area contributed by atoms with Crippen LogP contribution in [0.5, 0.6) is 0 Å². The molecule has 2 rings (SSSR count). The molecule has 0 aromatic carbocycles. The molecule has 3 N–H and O–H groups in total. The maximum Gasteiger partial charge on any atom is 0.251 e. The summed E-state index contributed by atoms with van der Waals surface area (Å²) in [5.41, 5.74) is 1.29. The molecule has 1 amide bonds. The van der Waals surface area contributed by atoms with Gasteiger partial charge in [0.25, 0.3) is 5.91 Å². The van der Waals surface area contributed by atoms with Gasteiger partial charge in [-0.2, -0.15) is 0 Å². The van der Waals surface area contributed by atoms with Crippen LogP contribution >= 0.6 is 11.6 Å². The van der Waals surface area contributed by atoms with Crippen LogP contribution in [0.3, 0.4) is 0 Å². The summed E-state index contributed by atoms with van der Waals surface area (Å²) in [5, 5.41) is 5.87. The number of pyridine rings is 1. The van der Waals surface area contributed by atoms with Gasteiger partial charge < -0.3 is 15.6 Å². The maximum atomic E-state index is 11.9. The lowest BCUT2D eigenvalue weighted by Gasteiger charge is -2.06. The predicted octanol–water partition coefficient (Wildman–Crippen LogP) is 1.43. The minimum absolute atomic E-state index is 0.217. The number of amides is 1. The highest BCUT2D eigenvalue weighted by Crippen LogP contribution is 2.14. The van der Waals surface area contributed by atoms with E-state index in [9.17, 15) is 4.79 Å². The first-order chi connectivity index (χ1) is 8.69. The summed E-state index contributed by atoms with van der Waals surface area (Å²) in [5.74, 6) is 0.333. The van der Waals surface area contributed by atoms with Gasteiger partial charge in [-0.15, -0.1) is 0 Å². The van der Waals surface area contributed by atoms with Crippen LogP contribution in [-0.4, -0.2) is 27.9 Å². The Kier molecular flexibility index (Phi) is 3.78. The number of nitrogens with one attached hydrogen (secondary N) is 3. The van der Waals surface area contributed by atoms with Gasteiger partial charge in [0.15, 0.2) is 0 Å². The molecule has 0 spiro atoms. The van der Waals surface area contributed by atoms with Crippen molar-refractivity contribution in [1.29, 1.82) is 0 Å². The first-order valence-corrected chi connectivity index (χ1v) is 5.67. The Labute approximate surface area is 109 Å². The van der Waals surface area contributed by atoms with E-state index >= 15 is 0 Å². The first-order valence-electron chi connectivity index (χ1n) is 5.30. The van der Waals surface area contributed by atoms with E-state index in [4.69, 9.17) is 11.6 Å². The number of aromatic amines is 1. The van der Waals surface area contributed by atoms with Crippen molar-refractivity contribution < 1.29 is 4.79 Å². The third kappa shape index (κ3) is 2.98. The summed E-state index contributed by atoms with van der Waals surface area (Å²) in [6, 6.07) is 3.15. The highest BCUT2D eigenvalue weighted by Gasteiger charge is 2.08. The van der Waals surface area contributed by atoms with Gasteiger partial charge in [0, 0.05) is 18.8 Å². The van der Waals surface area contributed by atoms with Crippen molar-refractivity contribution in [2.24, 2.45) is 0 Å². The van der Waals surface area contributed by atoms with Crippen LogP contribution in [0.25, 0.3) is 0 Å². The predicted molar refractivity (Wildman–Crippen MR) is 68.6 cm³/mol. The van der Waals surface area contributed by atoms with Gasteiger partial charge in [-0.3, -0.25) is 4.79 Å². The number of hydrogen-bond donors (Lipinski definition) is 3. The second kappa shape index (κ2) is 5.50. The smallest absolute Gasteiger partial charge is 0.251 e. The van der Waals surface area contributed by atoms with E-state index in [1.54, 1.807) is 25.6 Å². The molecule has 7 heteroatoms. The quantitative estimate of drug-likeness (QED) is 0.731. The molecule has 2 aromatic heterocycles. The number of aromatic nitrogens is 3. The summed E-state index contributed by atoms with van der Waals surface area (Å²) in [7, 11) is 1.71. The number of imidazole rings is 1. The molecule has 0 saturated carbocycles. The van der Waals surface area contributed by atoms with Crippen molar-refractivity contribution in [3.05, 3.63) is 41.1 Å². The topological polar surface area (TPSA) is 82.7 Å². The van der Waals surface area contributed by atoms with Gasteiger partial charge in [0.05, 0.1) is 18.6 Å². The molecule has 0 aliphatic heterocycles. The minimum Gasteiger partial charge on any atom is -0.373 e. The van der Waals surface area contributed by atoms with Crippen LogP contribution in [0.2, 0.25) is 5.15 Å². The van der Waals surface area contributed by atoms with Gasteiger partial charge in [-0.25, -0.2) is 9.97 Å². The fourth-order valence-corrected chi connectivity index (χ4v) is 1.62. The van der Waals surface area contributed by atoms with Crippen molar-refractivity contribution >= 4 is 23.3 Å². The molecule has 0 bridgehead atoms. The highest BCUT2D eigenvalue weighted by atomic mass is 35.5. The zero-order valence-electron chi connectivity index (χ0n) is 9.70. The summed E-state index contributed by atoms with van der Waals surface area (Å²) < 4.78 is 0. The second-order valence-electron chi connectivity index (χ2n) is 3.57. The van der Waals surface area contributed by atoms with E-state index < -0.39 is 0 Å². The Morgan fingerprint density at radius 2 is 2.33 bits per heavy atom. The second-order valence-corrected chi connectivity index (χ2v) is 3.96. The number of anilines is 1. The molecule has 0 fully saturated rings. The summed E-state index contributed by atoms with van der Waals surface area (Å²) in [4.78, 5) is 22.7. The molecule has 18 heavy (non-hydrogen) atoms. The van der Waals surface area contributed by atoms with Crippen LogP contribution in [0.1, 0.15) is 16.1 Å². The standard InChI is InChI=1S/C11H12ClN5O/c1-13-10-3-7(2-9(12)17-10)11(18)15-5-8-4-14-6-16-8/h2-4,6H,5H2,1H3,(H,13,17)(H,14,16)(H,15,18). The number of nitrogens with zero attached hydrogens (tertiary/aromatic N) is 2. The van der Waals surface area contributed by atoms with E-state index in [0.29, 0.717) is 17.9 Å². The number of hydrogen-bond acceptors (Lipinski definition) is 4. The zero-order chi connectivity index (χ0) is 13.0. The Morgan fingerprint density at radius 1 is 1.50 bits per heavy atom. The zero-order valence-corrected chi connectivity index (χ0v) is 10.5. The molecule has 0 unspecified atom stereocenters. The van der Waals surface area contributed by atoms with Gasteiger partial charge >= 0.3 is 0 Å². The number of H-pyrrole nitrogens is 1. The van der Waals surface area contributed by atoms with Gasteiger partial charge in [0.2, 0.25) is 0 Å². The molecule has 0 aliphatic carbocycles. The molecule has 0 aliphatic rings. The van der Waals surface area contributed by atoms with Gasteiger partial charge in [0.1, 0.15) is 11.0 Å². The van der Waals surface area contributed by atoms with Crippen molar-refractivity contribution in [2.75, 3.05) is 12.4 Å². The van der Waals surface area contributed by atoms with E-state index in [-0.39, 0.29) is 11.1 Å². The van der Waals surface area contributed by atoms with Crippen LogP contribution in [0, 0.1) is 0 Å². The van der Waals surface area contributed by atoms with Crippen molar-refractivity contribution in [3.8, 4) is 0 Å². The molecule has 6 nitrogen and oxygen atoms in total. The Hall–Kier alpha value is -2.08. The molecule has 0 saturated heterocycles. The fraction of sp³-hybridized carbons (Fsp3) is 0.182. The van der Waals surface area contributed by atoms with Crippen LogP contribution in [0.15, 0.2) is 24.7 Å². The Morgan fingerprint density at radius 3 is 3.00 bits per heavy atom. The van der Waals surface area contributed by atoms with Crippen molar-refractivity contribution in [1.82, 2.24) is 20.3 Å². The van der Waals surface area contributed by atoms with Gasteiger partial charge in [-0.05, 0) is 12.1 Å². The molecule has 2 aromatic rings. The van der Waals surface area contributed by atoms with Crippen molar-refractivity contribution in [3.63, 3.8) is 0 Å². The Balaban J connectivity index is 2.06. The largest absolute Gasteiger partial charge is 0.373 e. The first kappa shape index (κ1) is 12.4. The van der Waals surface area contributed by atoms with E-state index in [2.05, 4.69) is 25.6 Å². The summed E-state index contributed by atoms with van der Waals surface area (Å²) in [6.07, 6.45) is 3.21. The molecule has 94 valence electrons. The van der Waals surface area contributed by atoms with Crippen LogP contribution < -0.4 is 10.6 Å². The minimum atomic E-state index is -0.217. The average molecular weight is 266 g/mol. The fourth-order valence-electron chi connectivity index (χ4n) is 1.41. The molecular formula is C11H12ClN5O. The van der Waals surface area contributed by atoms with Crippen molar-refractivity contribution in [2.45, 2.75) is 6.54 Å². The van der Waals surface area contributed by atoms with Crippen LogP contribution in [-0.2, 0) is 6.54 Å². The van der Waals surface area contributed by atoms with Crippen LogP contribution in [0.4, 0.5) is 5.82 Å². The molecule has 2 heterocycles. The number of carbonyl (C=O) groups excluding carboxylic acids is 1. The van der Waals surface area contributed by atoms with Gasteiger partial charge in [-0.1, -0.05) is 11.6 Å². The molecule has 0 radical (unpaired) electrons. The average Bonchev–Trinajstić information content (AvgIpc) is 2.88. The third-order valence-corrected chi connectivity index (χ3v) is 2.50. The van der Waals surface area contributed by atoms with E-state index in [1.807, 2.05) is 0 Å². The summed E-state index contributed by atoms with van der Waals surface area (Å²) in [6.45, 7) is 0.383. The number of rotatable bonds is 4. The lowest BCUT2D eigenvalue weighted by atomic mass is 10.2. The normalized spacial score (nSPS) is 10.1. The SMILES string of the molecule is CNc1cc(C(=O)NCc2cnc[nH]2)cc(Cl)n1. The number of halogens is 1. The third-order valence-electron chi connectivity index (χ3n) is 2.31. The van der Waals surface area contributed by atoms with E-state index in [0.717, 1.165) is 5.69 Å². The lowest BCUT2D eigenvalue weighted by molar-refractivity contribution is 0.0950. The van der Waals surface area contributed by atoms with E-state index in [1.165, 1.54) is 6.07 Å². The number of carbonyl (C=O) groups is 1. The Bertz CT molecular complexity index is 540. The molecule has 0 atom stereocenters. The monoisotopic (exact) mass is 265 g/mol. The lowest BCUT2D eigenvalue weighted by Crippen LogP contribution is -2.23. The highest BCUT2D eigenvalue weighted by molar-refractivity contribution is 6.29. The summed E-state index contributed by atoms with van der Waals surface area (Å²) >= 11 is 5.83. The maximum absolute atomic E-state index is 11.9. The molecular weight excluding hydrogens is 254 g/mol.